The van der Waals surface area contributed by atoms with Gasteiger partial charge in [-0.3, -0.25) is 9.59 Å². The number of rotatable bonds is 2. The molecule has 3 aliphatic heterocycles. The van der Waals surface area contributed by atoms with Crippen LogP contribution in [0.2, 0.25) is 5.02 Å². The van der Waals surface area contributed by atoms with Crippen LogP contribution in [0.1, 0.15) is 18.0 Å². The number of hydrogen-bond acceptors (Lipinski definition) is 4. The number of hydrogen-bond donors (Lipinski definition) is 0. The van der Waals surface area contributed by atoms with Gasteiger partial charge in [0.25, 0.3) is 5.91 Å². The van der Waals surface area contributed by atoms with Crippen molar-refractivity contribution in [3.05, 3.63) is 64.9 Å². The molecule has 0 N–H and O–H groups in total. The van der Waals surface area contributed by atoms with E-state index in [-0.39, 0.29) is 23.7 Å². The lowest BCUT2D eigenvalue weighted by molar-refractivity contribution is -0.126. The molecule has 3 atom stereocenters. The summed E-state index contributed by atoms with van der Waals surface area (Å²) in [6.45, 7) is 1.52. The topological polar surface area (TPSA) is 43.9 Å². The predicted octanol–water partition coefficient (Wildman–Crippen LogP) is 3.01. The molecule has 27 heavy (non-hydrogen) atoms. The van der Waals surface area contributed by atoms with Gasteiger partial charge in [-0.05, 0) is 42.3 Å². The maximum absolute atomic E-state index is 13.4. The van der Waals surface area contributed by atoms with Crippen molar-refractivity contribution >= 4 is 29.1 Å². The van der Waals surface area contributed by atoms with Crippen molar-refractivity contribution in [1.82, 2.24) is 10.0 Å². The van der Waals surface area contributed by atoms with Gasteiger partial charge >= 0.3 is 0 Å². The molecule has 0 saturated carbocycles. The van der Waals surface area contributed by atoms with Gasteiger partial charge < -0.3 is 0 Å². The van der Waals surface area contributed by atoms with E-state index in [1.807, 2.05) is 5.01 Å². The maximum atomic E-state index is 13.4. The standard InChI is InChI=1S/C20H17ClFN3O2/c21-13-3-1-4-15(11-13)25-19(26)16-17(12-5-7-14(22)8-6-12)23-9-2-10-24(23)18(16)20(25)27/h1,3-8,11,16-18H,2,9-10H2/t16-,17+,18+/m0/s1. The summed E-state index contributed by atoms with van der Waals surface area (Å²) in [6, 6.07) is 12.2. The molecule has 2 amide bonds. The first-order valence-corrected chi connectivity index (χ1v) is 9.36. The van der Waals surface area contributed by atoms with E-state index >= 15 is 0 Å². The van der Waals surface area contributed by atoms with Crippen LogP contribution in [0.3, 0.4) is 0 Å². The average molecular weight is 386 g/mol. The smallest absolute Gasteiger partial charge is 0.253 e. The van der Waals surface area contributed by atoms with Crippen LogP contribution in [0.4, 0.5) is 10.1 Å². The lowest BCUT2D eigenvalue weighted by Crippen LogP contribution is -2.44. The monoisotopic (exact) mass is 385 g/mol. The van der Waals surface area contributed by atoms with E-state index in [2.05, 4.69) is 5.01 Å². The van der Waals surface area contributed by atoms with Crippen molar-refractivity contribution < 1.29 is 14.0 Å². The fourth-order valence-electron chi connectivity index (χ4n) is 4.64. The van der Waals surface area contributed by atoms with Crippen LogP contribution in [0.25, 0.3) is 0 Å². The zero-order chi connectivity index (χ0) is 18.7. The van der Waals surface area contributed by atoms with Gasteiger partial charge in [-0.25, -0.2) is 19.3 Å². The number of carbonyl (C=O) groups is 2. The van der Waals surface area contributed by atoms with Crippen molar-refractivity contribution in [2.45, 2.75) is 18.5 Å². The van der Waals surface area contributed by atoms with Crippen LogP contribution < -0.4 is 4.90 Å². The van der Waals surface area contributed by atoms with Crippen molar-refractivity contribution in [2.75, 3.05) is 18.0 Å². The summed E-state index contributed by atoms with van der Waals surface area (Å²) in [5, 5.41) is 4.60. The van der Waals surface area contributed by atoms with Crippen LogP contribution in [0.15, 0.2) is 48.5 Å². The molecule has 3 heterocycles. The molecule has 7 heteroatoms. The Balaban J connectivity index is 1.59. The summed E-state index contributed by atoms with van der Waals surface area (Å²) in [4.78, 5) is 27.8. The molecule has 0 aromatic heterocycles. The minimum atomic E-state index is -0.519. The number of imide groups is 1. The Bertz CT molecular complexity index is 935. The lowest BCUT2D eigenvalue weighted by Gasteiger charge is -2.29. The third kappa shape index (κ3) is 2.44. The molecule has 3 saturated heterocycles. The van der Waals surface area contributed by atoms with E-state index in [1.54, 1.807) is 36.4 Å². The second kappa shape index (κ2) is 6.12. The Morgan fingerprint density at radius 2 is 1.63 bits per heavy atom. The van der Waals surface area contributed by atoms with E-state index in [0.29, 0.717) is 10.7 Å². The van der Waals surface area contributed by atoms with Crippen LogP contribution in [-0.2, 0) is 9.59 Å². The number of benzene rings is 2. The molecule has 0 bridgehead atoms. The van der Waals surface area contributed by atoms with Crippen LogP contribution in [-0.4, -0.2) is 41.0 Å². The van der Waals surface area contributed by atoms with Gasteiger partial charge in [-0.15, -0.1) is 0 Å². The van der Waals surface area contributed by atoms with Gasteiger partial charge in [-0.1, -0.05) is 29.8 Å². The Labute approximate surface area is 160 Å². The average Bonchev–Trinajstić information content (AvgIpc) is 3.28. The minimum absolute atomic E-state index is 0.219. The van der Waals surface area contributed by atoms with Gasteiger partial charge in [-0.2, -0.15) is 0 Å². The van der Waals surface area contributed by atoms with Crippen LogP contribution in [0, 0.1) is 11.7 Å². The Hall–Kier alpha value is -2.28. The first-order valence-electron chi connectivity index (χ1n) is 8.98. The largest absolute Gasteiger partial charge is 0.274 e. The number of anilines is 1. The Morgan fingerprint density at radius 3 is 2.33 bits per heavy atom. The predicted molar refractivity (Wildman–Crippen MR) is 98.4 cm³/mol. The van der Waals surface area contributed by atoms with E-state index in [0.717, 1.165) is 25.1 Å². The highest BCUT2D eigenvalue weighted by Gasteiger charge is 2.62. The van der Waals surface area contributed by atoms with Crippen molar-refractivity contribution in [2.24, 2.45) is 5.92 Å². The van der Waals surface area contributed by atoms with Gasteiger partial charge in [0.2, 0.25) is 5.91 Å². The van der Waals surface area contributed by atoms with Crippen LogP contribution in [0.5, 0.6) is 0 Å². The quantitative estimate of drug-likeness (QED) is 0.745. The number of hydrazine groups is 1. The van der Waals surface area contributed by atoms with Gasteiger partial charge in [0, 0.05) is 18.1 Å². The van der Waals surface area contributed by atoms with Gasteiger partial charge in [0.1, 0.15) is 11.9 Å². The van der Waals surface area contributed by atoms with Crippen molar-refractivity contribution in [3.8, 4) is 0 Å². The molecule has 3 fully saturated rings. The number of fused-ring (bicyclic) bond motifs is 3. The fourth-order valence-corrected chi connectivity index (χ4v) is 4.83. The van der Waals surface area contributed by atoms with Crippen molar-refractivity contribution in [1.29, 1.82) is 0 Å². The highest BCUT2D eigenvalue weighted by Crippen LogP contribution is 2.48. The maximum Gasteiger partial charge on any atom is 0.253 e. The highest BCUT2D eigenvalue weighted by molar-refractivity contribution is 6.31. The molecule has 5 rings (SSSR count). The molecule has 0 aliphatic carbocycles. The van der Waals surface area contributed by atoms with E-state index in [1.165, 1.54) is 17.0 Å². The van der Waals surface area contributed by atoms with E-state index in [9.17, 15) is 14.0 Å². The normalized spacial score (nSPS) is 28.1. The summed E-state index contributed by atoms with van der Waals surface area (Å²) in [5.74, 6) is -1.28. The zero-order valence-corrected chi connectivity index (χ0v) is 15.1. The van der Waals surface area contributed by atoms with E-state index in [4.69, 9.17) is 11.6 Å². The molecule has 2 aromatic carbocycles. The summed E-state index contributed by atoms with van der Waals surface area (Å²) < 4.78 is 13.4. The molecular weight excluding hydrogens is 369 g/mol. The summed E-state index contributed by atoms with van der Waals surface area (Å²) in [7, 11) is 0. The third-order valence-electron chi connectivity index (χ3n) is 5.68. The summed E-state index contributed by atoms with van der Waals surface area (Å²) in [6.07, 6.45) is 0.930. The van der Waals surface area contributed by atoms with Gasteiger partial charge in [0.15, 0.2) is 0 Å². The SMILES string of the molecule is O=C1[C@H]2[C@@H](c3ccc(F)cc3)N3CCCN3[C@H]2C(=O)N1c1cccc(Cl)c1. The number of halogens is 2. The van der Waals surface area contributed by atoms with E-state index < -0.39 is 12.0 Å². The molecule has 138 valence electrons. The summed E-state index contributed by atoms with van der Waals surface area (Å²) >= 11 is 6.06. The first kappa shape index (κ1) is 16.9. The van der Waals surface area contributed by atoms with Gasteiger partial charge in [0.05, 0.1) is 17.6 Å². The number of amides is 2. The second-order valence-electron chi connectivity index (χ2n) is 7.14. The molecular formula is C20H17ClFN3O2. The number of nitrogens with zero attached hydrogens (tertiary/aromatic N) is 3. The second-order valence-corrected chi connectivity index (χ2v) is 7.57. The Morgan fingerprint density at radius 1 is 0.926 bits per heavy atom. The molecule has 0 radical (unpaired) electrons. The minimum Gasteiger partial charge on any atom is -0.274 e. The third-order valence-corrected chi connectivity index (χ3v) is 5.92. The Kier molecular flexibility index (Phi) is 3.82. The highest BCUT2D eigenvalue weighted by atomic mass is 35.5. The first-order chi connectivity index (χ1) is 13.1. The molecule has 5 nitrogen and oxygen atoms in total. The molecule has 0 unspecified atom stereocenters. The molecule has 3 aliphatic rings. The lowest BCUT2D eigenvalue weighted by atomic mass is 9.90. The zero-order valence-electron chi connectivity index (χ0n) is 14.4. The molecule has 2 aromatic rings. The fraction of sp³-hybridized carbons (Fsp3) is 0.300. The molecule has 0 spiro atoms. The van der Waals surface area contributed by atoms with Crippen molar-refractivity contribution in [3.63, 3.8) is 0 Å². The van der Waals surface area contributed by atoms with Crippen LogP contribution >= 0.6 is 11.6 Å². The number of carbonyl (C=O) groups excluding carboxylic acids is 2. The summed E-state index contributed by atoms with van der Waals surface area (Å²) in [5.41, 5.74) is 1.35.